The van der Waals surface area contributed by atoms with E-state index >= 15 is 0 Å². The second-order valence-corrected chi connectivity index (χ2v) is 3.73. The Balaban J connectivity index is 2.30. The van der Waals surface area contributed by atoms with Gasteiger partial charge in [0.2, 0.25) is 0 Å². The van der Waals surface area contributed by atoms with E-state index in [2.05, 4.69) is 11.0 Å². The minimum Gasteiger partial charge on any atom is -0.378 e. The molecule has 15 heavy (non-hydrogen) atoms. The third-order valence-corrected chi connectivity index (χ3v) is 2.62. The summed E-state index contributed by atoms with van der Waals surface area (Å²) < 4.78 is 5.29. The molecule has 0 aliphatic carbocycles. The number of morpholine rings is 1. The van der Waals surface area contributed by atoms with E-state index in [1.54, 1.807) is 0 Å². The predicted octanol–water partition coefficient (Wildman–Crippen LogP) is 1.70. The summed E-state index contributed by atoms with van der Waals surface area (Å²) in [6, 6.07) is 8.26. The van der Waals surface area contributed by atoms with Crippen molar-refractivity contribution in [3.63, 3.8) is 0 Å². The molecule has 0 unspecified atom stereocenters. The maximum atomic E-state index is 9.07. The molecule has 0 aromatic heterocycles. The van der Waals surface area contributed by atoms with Crippen molar-refractivity contribution >= 4 is 5.69 Å². The number of anilines is 1. The summed E-state index contributed by atoms with van der Waals surface area (Å²) in [6.07, 6.45) is 0. The number of nitrogens with zero attached hydrogens (tertiary/aromatic N) is 2. The monoisotopic (exact) mass is 202 g/mol. The number of nitriles is 1. The van der Waals surface area contributed by atoms with E-state index in [1.165, 1.54) is 0 Å². The average molecular weight is 202 g/mol. The van der Waals surface area contributed by atoms with Gasteiger partial charge >= 0.3 is 0 Å². The van der Waals surface area contributed by atoms with Crippen LogP contribution in [0, 0.1) is 18.3 Å². The smallest absolute Gasteiger partial charge is 0.101 e. The summed E-state index contributed by atoms with van der Waals surface area (Å²) in [6.45, 7) is 5.25. The molecule has 1 aromatic rings. The van der Waals surface area contributed by atoms with E-state index in [0.717, 1.165) is 43.1 Å². The lowest BCUT2D eigenvalue weighted by atomic mass is 10.1. The van der Waals surface area contributed by atoms with Crippen LogP contribution in [-0.4, -0.2) is 26.3 Å². The van der Waals surface area contributed by atoms with Gasteiger partial charge in [-0.25, -0.2) is 0 Å². The fourth-order valence-corrected chi connectivity index (χ4v) is 1.82. The minimum atomic E-state index is 0.749. The Kier molecular flexibility index (Phi) is 2.89. The summed E-state index contributed by atoms with van der Waals surface area (Å²) in [5.41, 5.74) is 2.92. The van der Waals surface area contributed by atoms with Gasteiger partial charge in [-0.1, -0.05) is 6.07 Å². The van der Waals surface area contributed by atoms with Crippen molar-refractivity contribution in [2.75, 3.05) is 31.2 Å². The van der Waals surface area contributed by atoms with E-state index in [4.69, 9.17) is 10.00 Å². The van der Waals surface area contributed by atoms with Crippen LogP contribution >= 0.6 is 0 Å². The first-order chi connectivity index (χ1) is 7.31. The first kappa shape index (κ1) is 10.0. The number of ether oxygens (including phenoxy) is 1. The van der Waals surface area contributed by atoms with Crippen LogP contribution < -0.4 is 4.90 Å². The van der Waals surface area contributed by atoms with Gasteiger partial charge in [0.1, 0.15) is 6.07 Å². The fourth-order valence-electron chi connectivity index (χ4n) is 1.82. The van der Waals surface area contributed by atoms with Gasteiger partial charge in [-0.05, 0) is 24.6 Å². The van der Waals surface area contributed by atoms with E-state index in [-0.39, 0.29) is 0 Å². The van der Waals surface area contributed by atoms with Crippen LogP contribution in [-0.2, 0) is 4.74 Å². The molecular formula is C12H14N2O. The summed E-state index contributed by atoms with van der Waals surface area (Å²) >= 11 is 0. The zero-order valence-electron chi connectivity index (χ0n) is 8.86. The van der Waals surface area contributed by atoms with Gasteiger partial charge in [0.05, 0.1) is 24.5 Å². The normalized spacial score (nSPS) is 16.1. The standard InChI is InChI=1S/C12H14N2O/c1-10-2-3-12(11(8-10)9-13)14-4-6-15-7-5-14/h2-3,8H,4-7H2,1H3. The molecule has 0 spiro atoms. The molecule has 1 fully saturated rings. The van der Waals surface area contributed by atoms with Crippen molar-refractivity contribution < 1.29 is 4.74 Å². The van der Waals surface area contributed by atoms with Gasteiger partial charge in [-0.2, -0.15) is 5.26 Å². The lowest BCUT2D eigenvalue weighted by Gasteiger charge is -2.29. The van der Waals surface area contributed by atoms with Gasteiger partial charge in [0.25, 0.3) is 0 Å². The lowest BCUT2D eigenvalue weighted by molar-refractivity contribution is 0.122. The maximum absolute atomic E-state index is 9.07. The van der Waals surface area contributed by atoms with Gasteiger partial charge in [0, 0.05) is 13.1 Å². The molecule has 0 amide bonds. The van der Waals surface area contributed by atoms with E-state index in [1.807, 2.05) is 25.1 Å². The quantitative estimate of drug-likeness (QED) is 0.695. The highest BCUT2D eigenvalue weighted by Crippen LogP contribution is 2.21. The Morgan fingerprint density at radius 3 is 2.73 bits per heavy atom. The molecule has 0 atom stereocenters. The highest BCUT2D eigenvalue weighted by Gasteiger charge is 2.14. The first-order valence-electron chi connectivity index (χ1n) is 5.15. The second kappa shape index (κ2) is 4.33. The number of hydrogen-bond donors (Lipinski definition) is 0. The Labute approximate surface area is 89.9 Å². The molecular weight excluding hydrogens is 188 g/mol. The van der Waals surface area contributed by atoms with Crippen molar-refractivity contribution in [1.82, 2.24) is 0 Å². The van der Waals surface area contributed by atoms with Crippen LogP contribution in [0.4, 0.5) is 5.69 Å². The summed E-state index contributed by atoms with van der Waals surface area (Å²) in [4.78, 5) is 2.21. The van der Waals surface area contributed by atoms with Gasteiger partial charge in [-0.3, -0.25) is 0 Å². The highest BCUT2D eigenvalue weighted by atomic mass is 16.5. The Morgan fingerprint density at radius 1 is 1.33 bits per heavy atom. The number of rotatable bonds is 1. The Hall–Kier alpha value is -1.53. The van der Waals surface area contributed by atoms with Gasteiger partial charge in [0.15, 0.2) is 0 Å². The number of benzene rings is 1. The third-order valence-electron chi connectivity index (χ3n) is 2.62. The van der Waals surface area contributed by atoms with E-state index < -0.39 is 0 Å². The minimum absolute atomic E-state index is 0.749. The molecule has 0 N–H and O–H groups in total. The molecule has 3 nitrogen and oxygen atoms in total. The van der Waals surface area contributed by atoms with Crippen molar-refractivity contribution in [2.45, 2.75) is 6.92 Å². The van der Waals surface area contributed by atoms with Crippen molar-refractivity contribution in [3.05, 3.63) is 29.3 Å². The maximum Gasteiger partial charge on any atom is 0.101 e. The highest BCUT2D eigenvalue weighted by molar-refractivity contribution is 5.60. The Morgan fingerprint density at radius 2 is 2.07 bits per heavy atom. The van der Waals surface area contributed by atoms with Crippen LogP contribution in [0.3, 0.4) is 0 Å². The largest absolute Gasteiger partial charge is 0.378 e. The zero-order valence-corrected chi connectivity index (χ0v) is 8.86. The number of aryl methyl sites for hydroxylation is 1. The predicted molar refractivity (Wildman–Crippen MR) is 58.9 cm³/mol. The molecule has 0 saturated carbocycles. The molecule has 3 heteroatoms. The third kappa shape index (κ3) is 2.11. The SMILES string of the molecule is Cc1ccc(N2CCOCC2)c(C#N)c1. The molecule has 1 aliphatic rings. The molecule has 1 heterocycles. The second-order valence-electron chi connectivity index (χ2n) is 3.73. The van der Waals surface area contributed by atoms with Crippen LogP contribution in [0.2, 0.25) is 0 Å². The topological polar surface area (TPSA) is 36.3 Å². The zero-order chi connectivity index (χ0) is 10.7. The molecule has 1 saturated heterocycles. The van der Waals surface area contributed by atoms with Crippen molar-refractivity contribution in [3.8, 4) is 6.07 Å². The molecule has 78 valence electrons. The van der Waals surface area contributed by atoms with Crippen LogP contribution in [0.1, 0.15) is 11.1 Å². The molecule has 1 aromatic carbocycles. The molecule has 0 radical (unpaired) electrons. The van der Waals surface area contributed by atoms with Gasteiger partial charge in [-0.15, -0.1) is 0 Å². The first-order valence-corrected chi connectivity index (χ1v) is 5.15. The van der Waals surface area contributed by atoms with Crippen LogP contribution in [0.25, 0.3) is 0 Å². The van der Waals surface area contributed by atoms with E-state index in [0.29, 0.717) is 0 Å². The molecule has 0 bridgehead atoms. The van der Waals surface area contributed by atoms with Crippen LogP contribution in [0.5, 0.6) is 0 Å². The molecule has 1 aliphatic heterocycles. The van der Waals surface area contributed by atoms with Gasteiger partial charge < -0.3 is 9.64 Å². The van der Waals surface area contributed by atoms with E-state index in [9.17, 15) is 0 Å². The molecule has 2 rings (SSSR count). The Bertz CT molecular complexity index is 389. The summed E-state index contributed by atoms with van der Waals surface area (Å²) in [5.74, 6) is 0. The summed E-state index contributed by atoms with van der Waals surface area (Å²) in [7, 11) is 0. The lowest BCUT2D eigenvalue weighted by Crippen LogP contribution is -2.36. The summed E-state index contributed by atoms with van der Waals surface area (Å²) in [5, 5.41) is 9.07. The van der Waals surface area contributed by atoms with Crippen molar-refractivity contribution in [1.29, 1.82) is 5.26 Å². The average Bonchev–Trinajstić information content (AvgIpc) is 2.30. The van der Waals surface area contributed by atoms with Crippen molar-refractivity contribution in [2.24, 2.45) is 0 Å². The number of hydrogen-bond acceptors (Lipinski definition) is 3. The fraction of sp³-hybridized carbons (Fsp3) is 0.417. The van der Waals surface area contributed by atoms with Crippen LogP contribution in [0.15, 0.2) is 18.2 Å².